The van der Waals surface area contributed by atoms with Gasteiger partial charge in [-0.3, -0.25) is 15.1 Å². The standard InChI is InChI=1S/C11H15ClN2O2.C6H5NO4.O.V/c12-10-1-2-11(16)9(7-10)8-14-4-3-13-5-6-15;8-5-2-1-4(7(10)11)3-6(5)9;;/h1-2,7-8,13,15-16H,3-6H2;1-3,8-9H;;. The first-order valence-corrected chi connectivity index (χ1v) is 8.94. The first-order chi connectivity index (χ1) is 13.8. The van der Waals surface area contributed by atoms with Gasteiger partial charge in [-0.25, -0.2) is 0 Å². The van der Waals surface area contributed by atoms with Gasteiger partial charge in [0.1, 0.15) is 5.75 Å². The molecule has 0 unspecified atom stereocenters. The Morgan fingerprint density at radius 2 is 1.72 bits per heavy atom. The van der Waals surface area contributed by atoms with Gasteiger partial charge in [0, 0.05) is 36.0 Å². The fourth-order valence-corrected chi connectivity index (χ4v) is 1.95. The van der Waals surface area contributed by atoms with Gasteiger partial charge in [0.15, 0.2) is 11.5 Å². The monoisotopic (exact) mass is 464 g/mol. The van der Waals surface area contributed by atoms with E-state index in [0.717, 1.165) is 35.6 Å². The second-order valence-electron chi connectivity index (χ2n) is 5.14. The molecule has 0 saturated heterocycles. The van der Waals surface area contributed by atoms with Gasteiger partial charge in [0.05, 0.1) is 24.1 Å². The number of halogens is 1. The van der Waals surface area contributed by atoms with Crippen molar-refractivity contribution in [2.75, 3.05) is 26.2 Å². The number of nitro groups is 1. The summed E-state index contributed by atoms with van der Waals surface area (Å²) in [6.45, 7) is 1.97. The number of rotatable bonds is 7. The Kier molecular flexibility index (Phi) is 14.1. The number of benzene rings is 2. The second-order valence-corrected chi connectivity index (χ2v) is 5.58. The summed E-state index contributed by atoms with van der Waals surface area (Å²) in [4.78, 5) is 13.6. The van der Waals surface area contributed by atoms with Crippen molar-refractivity contribution in [2.24, 2.45) is 4.99 Å². The molecule has 0 spiro atoms. The van der Waals surface area contributed by atoms with Gasteiger partial charge in [-0.05, 0) is 24.3 Å². The van der Waals surface area contributed by atoms with Crippen molar-refractivity contribution in [3.63, 3.8) is 0 Å². The Labute approximate surface area is 180 Å². The van der Waals surface area contributed by atoms with Gasteiger partial charge >= 0.3 is 21.0 Å². The molecule has 0 atom stereocenters. The zero-order valence-corrected chi connectivity index (χ0v) is 17.3. The number of aliphatic imine (C=N–C) groups is 1. The molecule has 2 rings (SSSR count). The summed E-state index contributed by atoms with van der Waals surface area (Å²) < 4.78 is 8.19. The van der Waals surface area contributed by atoms with E-state index in [4.69, 9.17) is 30.6 Å². The number of non-ortho nitro benzene ring substituents is 1. The Balaban J connectivity index is 0.000000526. The van der Waals surface area contributed by atoms with Crippen molar-refractivity contribution >= 4 is 23.5 Å². The van der Waals surface area contributed by atoms with Crippen LogP contribution < -0.4 is 5.32 Å². The zero-order chi connectivity index (χ0) is 22.2. The average molecular weight is 465 g/mol. The number of nitro benzene ring substituents is 1. The van der Waals surface area contributed by atoms with E-state index in [1.165, 1.54) is 6.07 Å². The van der Waals surface area contributed by atoms with Crippen LogP contribution in [0.15, 0.2) is 41.4 Å². The molecular formula is C17H20ClN3O7V. The van der Waals surface area contributed by atoms with E-state index in [2.05, 4.69) is 10.3 Å². The molecule has 0 heterocycles. The number of hydrogen-bond donors (Lipinski definition) is 5. The molecule has 0 radical (unpaired) electrons. The fraction of sp³-hybridized carbons (Fsp3) is 0.235. The summed E-state index contributed by atoms with van der Waals surface area (Å²) in [7, 11) is 0. The van der Waals surface area contributed by atoms with Crippen LogP contribution in [-0.2, 0) is 21.0 Å². The first-order valence-electron chi connectivity index (χ1n) is 7.99. The van der Waals surface area contributed by atoms with Crippen LogP contribution in [0, 0.1) is 10.1 Å². The van der Waals surface area contributed by atoms with Crippen LogP contribution >= 0.6 is 11.6 Å². The third kappa shape index (κ3) is 11.2. The number of aliphatic hydroxyl groups is 1. The zero-order valence-electron chi connectivity index (χ0n) is 15.1. The maximum absolute atomic E-state index is 10.1. The molecule has 0 aromatic heterocycles. The number of phenols is 3. The Bertz CT molecular complexity index is 809. The quantitative estimate of drug-likeness (QED) is 0.136. The molecule has 10 nitrogen and oxygen atoms in total. The van der Waals surface area contributed by atoms with Crippen LogP contribution in [-0.4, -0.2) is 57.8 Å². The fourth-order valence-electron chi connectivity index (χ4n) is 1.76. The van der Waals surface area contributed by atoms with E-state index < -0.39 is 10.7 Å². The minimum absolute atomic E-state index is 0.124. The van der Waals surface area contributed by atoms with Crippen LogP contribution in [0.5, 0.6) is 17.2 Å². The molecule has 157 valence electrons. The predicted octanol–water partition coefficient (Wildman–Crippen LogP) is 1.93. The predicted molar refractivity (Wildman–Crippen MR) is 103 cm³/mol. The number of aliphatic hydroxyl groups excluding tert-OH is 1. The molecule has 0 aliphatic heterocycles. The van der Waals surface area contributed by atoms with E-state index >= 15 is 0 Å². The molecule has 5 N–H and O–H groups in total. The summed E-state index contributed by atoms with van der Waals surface area (Å²) in [5.41, 5.74) is 0.356. The number of nitrogens with zero attached hydrogens (tertiary/aromatic N) is 2. The molecule has 0 saturated carbocycles. The first kappa shape index (κ1) is 26.5. The molecule has 12 heteroatoms. The average Bonchev–Trinajstić information content (AvgIpc) is 2.71. The number of nitrogens with one attached hydrogen (secondary N) is 1. The van der Waals surface area contributed by atoms with E-state index in [1.54, 1.807) is 18.3 Å². The summed E-state index contributed by atoms with van der Waals surface area (Å²) >= 11 is 6.85. The minimum atomic E-state index is -0.654. The van der Waals surface area contributed by atoms with Gasteiger partial charge in [-0.2, -0.15) is 0 Å². The molecule has 0 amide bonds. The van der Waals surface area contributed by atoms with Crippen molar-refractivity contribution in [3.05, 3.63) is 57.1 Å². The maximum atomic E-state index is 10.1. The van der Waals surface area contributed by atoms with Gasteiger partial charge in [-0.15, -0.1) is 0 Å². The Morgan fingerprint density at radius 1 is 1.07 bits per heavy atom. The van der Waals surface area contributed by atoms with Crippen molar-refractivity contribution in [1.29, 1.82) is 0 Å². The van der Waals surface area contributed by atoms with Crippen LogP contribution in [0.1, 0.15) is 5.56 Å². The molecule has 0 bridgehead atoms. The van der Waals surface area contributed by atoms with Crippen molar-refractivity contribution < 1.29 is 46.4 Å². The molecule has 0 aliphatic carbocycles. The second kappa shape index (κ2) is 15.4. The van der Waals surface area contributed by atoms with Crippen LogP contribution in [0.3, 0.4) is 0 Å². The molecule has 2 aromatic carbocycles. The Morgan fingerprint density at radius 3 is 2.31 bits per heavy atom. The number of hydrogen-bond acceptors (Lipinski definition) is 9. The summed E-state index contributed by atoms with van der Waals surface area (Å²) in [5, 5.41) is 49.2. The van der Waals surface area contributed by atoms with Gasteiger partial charge in [0.25, 0.3) is 5.69 Å². The van der Waals surface area contributed by atoms with E-state index in [1.807, 2.05) is 0 Å². The third-order valence-corrected chi connectivity index (χ3v) is 3.33. The molecule has 0 aliphatic rings. The van der Waals surface area contributed by atoms with E-state index in [9.17, 15) is 15.2 Å². The number of phenolic OH excluding ortho intramolecular Hbond substituents is 3. The van der Waals surface area contributed by atoms with E-state index in [0.29, 0.717) is 30.2 Å². The molecule has 29 heavy (non-hydrogen) atoms. The Hall–Kier alpha value is -2.50. The van der Waals surface area contributed by atoms with Gasteiger partial charge in [-0.1, -0.05) is 11.6 Å². The topological polar surface area (TPSA) is 166 Å². The van der Waals surface area contributed by atoms with E-state index in [-0.39, 0.29) is 23.8 Å². The van der Waals surface area contributed by atoms with Gasteiger partial charge < -0.3 is 25.7 Å². The molecular weight excluding hydrogens is 445 g/mol. The SMILES string of the molecule is O=[N+]([O-])c1ccc(O)c(O)c1.OCCNCCN=Cc1cc(Cl)ccc1O.[O]=[V]. The normalized spacial score (nSPS) is 9.83. The van der Waals surface area contributed by atoms with Crippen molar-refractivity contribution in [1.82, 2.24) is 5.32 Å². The van der Waals surface area contributed by atoms with Crippen LogP contribution in [0.2, 0.25) is 5.02 Å². The summed E-state index contributed by atoms with van der Waals surface area (Å²) in [6.07, 6.45) is 1.59. The van der Waals surface area contributed by atoms with Gasteiger partial charge in [0.2, 0.25) is 0 Å². The molecule has 0 fully saturated rings. The van der Waals surface area contributed by atoms with Crippen LogP contribution in [0.25, 0.3) is 0 Å². The summed E-state index contributed by atoms with van der Waals surface area (Å²) in [5.74, 6) is -0.689. The summed E-state index contributed by atoms with van der Waals surface area (Å²) in [6, 6.07) is 7.87. The number of aromatic hydroxyl groups is 3. The third-order valence-electron chi connectivity index (χ3n) is 3.10. The van der Waals surface area contributed by atoms with Crippen molar-refractivity contribution in [2.45, 2.75) is 0 Å². The van der Waals surface area contributed by atoms with Crippen LogP contribution in [0.4, 0.5) is 5.69 Å². The molecule has 2 aromatic rings. The van der Waals surface area contributed by atoms with Crippen molar-refractivity contribution in [3.8, 4) is 17.2 Å².